The Balaban J connectivity index is 2.04. The molecule has 23 heavy (non-hydrogen) atoms. The highest BCUT2D eigenvalue weighted by Crippen LogP contribution is 2.33. The van der Waals surface area contributed by atoms with Crippen LogP contribution in [0.15, 0.2) is 46.4 Å². The van der Waals surface area contributed by atoms with E-state index < -0.39 is 0 Å². The van der Waals surface area contributed by atoms with Crippen LogP contribution >= 0.6 is 0 Å². The van der Waals surface area contributed by atoms with Gasteiger partial charge in [-0.1, -0.05) is 35.6 Å². The minimum atomic E-state index is 0.0318. The highest BCUT2D eigenvalue weighted by Gasteiger charge is 2.18. The molecule has 2 nitrogen and oxygen atoms in total. The fourth-order valence-electron chi connectivity index (χ4n) is 2.99. The molecular weight excluding hydrogens is 284 g/mol. The number of Topliss-reactive ketones (excluding diaryl/α,β-unsaturated/α-hetero) is 1. The van der Waals surface area contributed by atoms with E-state index >= 15 is 0 Å². The highest BCUT2D eigenvalue weighted by atomic mass is 16.3. The van der Waals surface area contributed by atoms with Crippen LogP contribution < -0.4 is 0 Å². The fraction of sp³-hybridized carbons (Fsp3) is 0.286. The average Bonchev–Trinajstić information content (AvgIpc) is 3.19. The van der Waals surface area contributed by atoms with Crippen LogP contribution in [0.25, 0.3) is 5.57 Å². The van der Waals surface area contributed by atoms with Crippen molar-refractivity contribution >= 4 is 11.4 Å². The van der Waals surface area contributed by atoms with E-state index in [-0.39, 0.29) is 5.78 Å². The van der Waals surface area contributed by atoms with Crippen LogP contribution in [-0.4, -0.2) is 5.78 Å². The van der Waals surface area contributed by atoms with Crippen LogP contribution in [0, 0.1) is 18.8 Å². The quantitative estimate of drug-likeness (QED) is 0.566. The number of ketones is 1. The molecule has 0 amide bonds. The summed E-state index contributed by atoms with van der Waals surface area (Å²) in [5.74, 6) is 7.96. The van der Waals surface area contributed by atoms with Crippen molar-refractivity contribution in [2.75, 3.05) is 0 Å². The largest absolute Gasteiger partial charge is 0.460 e. The zero-order chi connectivity index (χ0) is 16.2. The molecule has 0 radical (unpaired) electrons. The second-order valence-corrected chi connectivity index (χ2v) is 5.94. The van der Waals surface area contributed by atoms with Gasteiger partial charge in [0, 0.05) is 5.56 Å². The molecule has 0 aliphatic heterocycles. The van der Waals surface area contributed by atoms with Crippen molar-refractivity contribution in [1.29, 1.82) is 0 Å². The van der Waals surface area contributed by atoms with Gasteiger partial charge in [0.15, 0.2) is 5.78 Å². The van der Waals surface area contributed by atoms with Crippen LogP contribution in [-0.2, 0) is 0 Å². The molecule has 1 aromatic carbocycles. The fourth-order valence-corrected chi connectivity index (χ4v) is 2.99. The summed E-state index contributed by atoms with van der Waals surface area (Å²) in [6, 6.07) is 11.8. The molecule has 1 saturated carbocycles. The van der Waals surface area contributed by atoms with Crippen molar-refractivity contribution in [3.63, 3.8) is 0 Å². The molecule has 0 unspecified atom stereocenters. The third-order valence-electron chi connectivity index (χ3n) is 4.21. The topological polar surface area (TPSA) is 30.2 Å². The number of allylic oxidation sites excluding steroid dienone is 2. The first-order chi connectivity index (χ1) is 11.1. The zero-order valence-electron chi connectivity index (χ0n) is 13.6. The van der Waals surface area contributed by atoms with Crippen LogP contribution in [0.2, 0.25) is 0 Å². The number of carbonyl (C=O) groups is 1. The summed E-state index contributed by atoms with van der Waals surface area (Å²) in [6.45, 7) is 3.40. The lowest BCUT2D eigenvalue weighted by molar-refractivity contribution is 0.101. The zero-order valence-corrected chi connectivity index (χ0v) is 13.6. The van der Waals surface area contributed by atoms with E-state index in [1.54, 1.807) is 6.92 Å². The summed E-state index contributed by atoms with van der Waals surface area (Å²) in [6.07, 6.45) is 4.53. The molecule has 1 heterocycles. The molecule has 2 heteroatoms. The number of furan rings is 1. The molecule has 1 aliphatic rings. The molecule has 116 valence electrons. The molecule has 1 aromatic heterocycles. The van der Waals surface area contributed by atoms with E-state index in [9.17, 15) is 4.79 Å². The number of aryl methyl sites for hydroxylation is 1. The second-order valence-electron chi connectivity index (χ2n) is 5.94. The number of carbonyl (C=O) groups excluding carboxylic acids is 1. The molecule has 2 aromatic rings. The highest BCUT2D eigenvalue weighted by molar-refractivity contribution is 5.96. The van der Waals surface area contributed by atoms with Crippen LogP contribution in [0.4, 0.5) is 0 Å². The van der Waals surface area contributed by atoms with Crippen molar-refractivity contribution < 1.29 is 9.21 Å². The second kappa shape index (κ2) is 6.71. The normalized spacial score (nSPS) is 13.6. The van der Waals surface area contributed by atoms with Crippen LogP contribution in [0.5, 0.6) is 0 Å². The van der Waals surface area contributed by atoms with Crippen molar-refractivity contribution in [3.05, 3.63) is 64.6 Å². The summed E-state index contributed by atoms with van der Waals surface area (Å²) in [5, 5.41) is 0. The maximum Gasteiger partial charge on any atom is 0.163 e. The monoisotopic (exact) mass is 304 g/mol. The first-order valence-electron chi connectivity index (χ1n) is 8.06. The van der Waals surface area contributed by atoms with Gasteiger partial charge in [0.25, 0.3) is 0 Å². The van der Waals surface area contributed by atoms with E-state index in [2.05, 4.69) is 11.8 Å². The summed E-state index contributed by atoms with van der Waals surface area (Å²) in [5.41, 5.74) is 3.94. The summed E-state index contributed by atoms with van der Waals surface area (Å²) >= 11 is 0. The van der Waals surface area contributed by atoms with E-state index in [1.165, 1.54) is 18.4 Å². The third kappa shape index (κ3) is 3.46. The van der Waals surface area contributed by atoms with Gasteiger partial charge in [0.1, 0.15) is 11.5 Å². The Morgan fingerprint density at radius 2 is 1.83 bits per heavy atom. The predicted molar refractivity (Wildman–Crippen MR) is 92.2 cm³/mol. The summed E-state index contributed by atoms with van der Waals surface area (Å²) < 4.78 is 5.86. The Hall–Kier alpha value is -2.53. The SMILES string of the molecule is CC(=O)c1cc(C(C#Cc2ccccc2)=C2CCCC2)oc1C. The van der Waals surface area contributed by atoms with Gasteiger partial charge in [0.2, 0.25) is 0 Å². The van der Waals surface area contributed by atoms with Gasteiger partial charge in [-0.25, -0.2) is 0 Å². The molecule has 1 aliphatic carbocycles. The predicted octanol–water partition coefficient (Wildman–Crippen LogP) is 5.17. The van der Waals surface area contributed by atoms with Gasteiger partial charge in [-0.05, 0) is 57.7 Å². The number of hydrogen-bond donors (Lipinski definition) is 0. The number of rotatable bonds is 2. The van der Waals surface area contributed by atoms with Gasteiger partial charge in [-0.15, -0.1) is 0 Å². The van der Waals surface area contributed by atoms with Crippen LogP contribution in [0.1, 0.15) is 60.0 Å². The Kier molecular flexibility index (Phi) is 4.48. The molecule has 0 N–H and O–H groups in total. The van der Waals surface area contributed by atoms with Gasteiger partial charge in [0.05, 0.1) is 11.1 Å². The van der Waals surface area contributed by atoms with E-state index in [4.69, 9.17) is 4.42 Å². The maximum absolute atomic E-state index is 11.7. The lowest BCUT2D eigenvalue weighted by Gasteiger charge is -2.01. The molecule has 0 spiro atoms. The molecule has 0 atom stereocenters. The van der Waals surface area contributed by atoms with Gasteiger partial charge >= 0.3 is 0 Å². The Morgan fingerprint density at radius 1 is 1.13 bits per heavy atom. The lowest BCUT2D eigenvalue weighted by atomic mass is 10.0. The van der Waals surface area contributed by atoms with E-state index in [1.807, 2.05) is 43.3 Å². The average molecular weight is 304 g/mol. The molecule has 3 rings (SSSR count). The van der Waals surface area contributed by atoms with Crippen molar-refractivity contribution in [2.45, 2.75) is 39.5 Å². The van der Waals surface area contributed by atoms with Gasteiger partial charge in [-0.2, -0.15) is 0 Å². The third-order valence-corrected chi connectivity index (χ3v) is 4.21. The number of hydrogen-bond acceptors (Lipinski definition) is 2. The van der Waals surface area contributed by atoms with Crippen molar-refractivity contribution in [1.82, 2.24) is 0 Å². The Labute approximate surface area is 137 Å². The first kappa shape index (κ1) is 15.4. The maximum atomic E-state index is 11.7. The van der Waals surface area contributed by atoms with Gasteiger partial charge < -0.3 is 4.42 Å². The van der Waals surface area contributed by atoms with E-state index in [0.717, 1.165) is 29.7 Å². The summed E-state index contributed by atoms with van der Waals surface area (Å²) in [4.78, 5) is 11.7. The van der Waals surface area contributed by atoms with Crippen molar-refractivity contribution in [3.8, 4) is 11.8 Å². The lowest BCUT2D eigenvalue weighted by Crippen LogP contribution is -1.90. The molecule has 1 fully saturated rings. The van der Waals surface area contributed by atoms with Crippen LogP contribution in [0.3, 0.4) is 0 Å². The standard InChI is InChI=1S/C21H20O2/c1-15(22)20-14-21(23-16(20)2)19(18-10-6-7-11-18)13-12-17-8-4-3-5-9-17/h3-5,8-9,14H,6-7,10-11H2,1-2H3. The van der Waals surface area contributed by atoms with E-state index in [0.29, 0.717) is 11.3 Å². The van der Waals surface area contributed by atoms with Gasteiger partial charge in [-0.3, -0.25) is 4.79 Å². The smallest absolute Gasteiger partial charge is 0.163 e. The molecule has 0 saturated heterocycles. The first-order valence-corrected chi connectivity index (χ1v) is 8.06. The minimum Gasteiger partial charge on any atom is -0.460 e. The minimum absolute atomic E-state index is 0.0318. The van der Waals surface area contributed by atoms with Crippen molar-refractivity contribution in [2.24, 2.45) is 0 Å². The molecular formula is C21H20O2. The Bertz CT molecular complexity index is 803. The number of benzene rings is 1. The Morgan fingerprint density at radius 3 is 2.43 bits per heavy atom. The molecule has 0 bridgehead atoms. The summed E-state index contributed by atoms with van der Waals surface area (Å²) in [7, 11) is 0.